The number of nitrogens with two attached hydrogens (primary N) is 1. The summed E-state index contributed by atoms with van der Waals surface area (Å²) in [6.45, 7) is 4.65. The molecule has 8 nitrogen and oxygen atoms in total. The molecule has 2 atom stereocenters. The number of nitrogens with zero attached hydrogens (tertiary/aromatic N) is 2. The predicted molar refractivity (Wildman–Crippen MR) is 156 cm³/mol. The van der Waals surface area contributed by atoms with Gasteiger partial charge in [-0.05, 0) is 61.2 Å². The van der Waals surface area contributed by atoms with Crippen LogP contribution in [-0.4, -0.2) is 67.6 Å². The van der Waals surface area contributed by atoms with Crippen molar-refractivity contribution in [3.63, 3.8) is 0 Å². The molecule has 1 unspecified atom stereocenters. The van der Waals surface area contributed by atoms with E-state index in [1.165, 1.54) is 11.1 Å². The number of carbonyl (C=O) groups excluding carboxylic acids is 2. The molecule has 0 radical (unpaired) electrons. The minimum Gasteiger partial charge on any atom is -0.497 e. The molecule has 0 aliphatic carbocycles. The van der Waals surface area contributed by atoms with Crippen LogP contribution in [0.3, 0.4) is 0 Å². The number of rotatable bonds is 11. The van der Waals surface area contributed by atoms with Crippen LogP contribution in [-0.2, 0) is 17.9 Å². The number of amides is 2. The maximum atomic E-state index is 13.7. The molecule has 40 heavy (non-hydrogen) atoms. The van der Waals surface area contributed by atoms with Crippen molar-refractivity contribution in [3.05, 3.63) is 95.1 Å². The lowest BCUT2D eigenvalue weighted by atomic mass is 9.93. The van der Waals surface area contributed by atoms with Crippen LogP contribution in [0.4, 0.5) is 0 Å². The summed E-state index contributed by atoms with van der Waals surface area (Å²) in [7, 11) is 3.24. The van der Waals surface area contributed by atoms with Crippen LogP contribution in [0.2, 0.25) is 0 Å². The molecule has 4 rings (SSSR count). The Bertz CT molecular complexity index is 1280. The van der Waals surface area contributed by atoms with E-state index in [1.807, 2.05) is 12.1 Å². The fourth-order valence-electron chi connectivity index (χ4n) is 5.25. The van der Waals surface area contributed by atoms with Gasteiger partial charge in [0.15, 0.2) is 0 Å². The van der Waals surface area contributed by atoms with Gasteiger partial charge in [-0.2, -0.15) is 0 Å². The van der Waals surface area contributed by atoms with E-state index in [9.17, 15) is 9.59 Å². The Kier molecular flexibility index (Phi) is 10.2. The summed E-state index contributed by atoms with van der Waals surface area (Å²) in [6.07, 6.45) is 1.26. The molecule has 3 aromatic rings. The van der Waals surface area contributed by atoms with Crippen molar-refractivity contribution in [2.75, 3.05) is 33.9 Å². The average molecular weight is 545 g/mol. The van der Waals surface area contributed by atoms with E-state index in [-0.39, 0.29) is 17.9 Å². The molecule has 1 fully saturated rings. The number of ether oxygens (including phenoxy) is 2. The third kappa shape index (κ3) is 7.40. The molecule has 3 N–H and O–H groups in total. The Morgan fingerprint density at radius 1 is 0.950 bits per heavy atom. The first-order valence-corrected chi connectivity index (χ1v) is 13.8. The molecule has 1 heterocycles. The van der Waals surface area contributed by atoms with Gasteiger partial charge in [0.05, 0.1) is 14.2 Å². The first-order chi connectivity index (χ1) is 19.4. The molecule has 0 bridgehead atoms. The maximum Gasteiger partial charge on any atom is 0.254 e. The van der Waals surface area contributed by atoms with E-state index in [2.05, 4.69) is 53.5 Å². The average Bonchev–Trinajstić information content (AvgIpc) is 3.00. The quantitative estimate of drug-likeness (QED) is 0.382. The largest absolute Gasteiger partial charge is 0.497 e. The molecule has 0 spiro atoms. The van der Waals surface area contributed by atoms with Gasteiger partial charge >= 0.3 is 0 Å². The number of methoxy groups -OCH3 is 2. The molecular weight excluding hydrogens is 504 g/mol. The lowest BCUT2D eigenvalue weighted by molar-refractivity contribution is -0.127. The van der Waals surface area contributed by atoms with Gasteiger partial charge in [0, 0.05) is 44.3 Å². The third-order valence-corrected chi connectivity index (χ3v) is 7.44. The van der Waals surface area contributed by atoms with E-state index in [4.69, 9.17) is 15.2 Å². The summed E-state index contributed by atoms with van der Waals surface area (Å²) in [5, 5.41) is 2.92. The lowest BCUT2D eigenvalue weighted by Crippen LogP contribution is -2.57. The van der Waals surface area contributed by atoms with Crippen molar-refractivity contribution >= 4 is 11.8 Å². The summed E-state index contributed by atoms with van der Waals surface area (Å²) in [6, 6.07) is 23.2. The van der Waals surface area contributed by atoms with Crippen molar-refractivity contribution in [2.45, 2.75) is 44.9 Å². The highest BCUT2D eigenvalue weighted by Gasteiger charge is 2.38. The molecule has 0 aromatic heterocycles. The second-order valence-electron chi connectivity index (χ2n) is 10.2. The minimum absolute atomic E-state index is 0.0792. The van der Waals surface area contributed by atoms with Gasteiger partial charge in [0.2, 0.25) is 5.91 Å². The van der Waals surface area contributed by atoms with Gasteiger partial charge in [0.1, 0.15) is 17.5 Å². The van der Waals surface area contributed by atoms with Gasteiger partial charge in [0.25, 0.3) is 5.91 Å². The third-order valence-electron chi connectivity index (χ3n) is 7.44. The fourth-order valence-corrected chi connectivity index (χ4v) is 5.25. The number of likely N-dealkylation sites (tertiary alicyclic amines) is 1. The van der Waals surface area contributed by atoms with Gasteiger partial charge in [-0.1, -0.05) is 48.0 Å². The Balaban J connectivity index is 1.61. The van der Waals surface area contributed by atoms with Crippen molar-refractivity contribution in [3.8, 4) is 11.5 Å². The fraction of sp³-hybridized carbons (Fsp3) is 0.375. The molecule has 1 aliphatic rings. The predicted octanol–water partition coefficient (Wildman–Crippen LogP) is 3.76. The summed E-state index contributed by atoms with van der Waals surface area (Å²) in [4.78, 5) is 31.2. The summed E-state index contributed by atoms with van der Waals surface area (Å²) < 4.78 is 10.8. The standard InChI is InChI=1S/C32H40N4O4/c1-23-10-12-24(13-11-23)21-35(22-25-6-4-8-28(18-25)39-2)27-14-17-36(30(20-27)31(37)34-16-15-33)32(38)26-7-5-9-29(19-26)40-3/h4-13,18-19,27,30H,14-17,20-22,33H2,1-3H3,(H,34,37)/t27?,30-/m1/s1. The molecule has 212 valence electrons. The second-order valence-corrected chi connectivity index (χ2v) is 10.2. The molecule has 1 saturated heterocycles. The van der Waals surface area contributed by atoms with Crippen molar-refractivity contribution in [1.29, 1.82) is 0 Å². The highest BCUT2D eigenvalue weighted by atomic mass is 16.5. The van der Waals surface area contributed by atoms with Crippen LogP contribution in [0.1, 0.15) is 39.9 Å². The Morgan fingerprint density at radius 2 is 1.62 bits per heavy atom. The van der Waals surface area contributed by atoms with Crippen molar-refractivity contribution < 1.29 is 19.1 Å². The van der Waals surface area contributed by atoms with Gasteiger partial charge in [-0.15, -0.1) is 0 Å². The van der Waals surface area contributed by atoms with Crippen LogP contribution in [0.25, 0.3) is 0 Å². The SMILES string of the molecule is COc1cccc(CN(Cc2ccc(C)cc2)C2CCN(C(=O)c3cccc(OC)c3)[C@@H](C(=O)NCCN)C2)c1. The van der Waals surface area contributed by atoms with Gasteiger partial charge < -0.3 is 25.4 Å². The van der Waals surface area contributed by atoms with E-state index in [1.54, 1.807) is 43.4 Å². The van der Waals surface area contributed by atoms with Crippen molar-refractivity contribution in [2.24, 2.45) is 5.73 Å². The van der Waals surface area contributed by atoms with E-state index in [0.29, 0.717) is 43.9 Å². The zero-order valence-corrected chi connectivity index (χ0v) is 23.6. The minimum atomic E-state index is -0.616. The van der Waals surface area contributed by atoms with Crippen LogP contribution in [0, 0.1) is 6.92 Å². The lowest BCUT2D eigenvalue weighted by Gasteiger charge is -2.43. The summed E-state index contributed by atoms with van der Waals surface area (Å²) >= 11 is 0. The topological polar surface area (TPSA) is 97.1 Å². The van der Waals surface area contributed by atoms with Gasteiger partial charge in [-0.25, -0.2) is 0 Å². The number of carbonyl (C=O) groups is 2. The zero-order chi connectivity index (χ0) is 28.5. The smallest absolute Gasteiger partial charge is 0.254 e. The molecule has 1 aliphatic heterocycles. The first-order valence-electron chi connectivity index (χ1n) is 13.8. The number of benzene rings is 3. The van der Waals surface area contributed by atoms with E-state index in [0.717, 1.165) is 24.3 Å². The van der Waals surface area contributed by atoms with Crippen LogP contribution in [0.15, 0.2) is 72.8 Å². The monoisotopic (exact) mass is 544 g/mol. The highest BCUT2D eigenvalue weighted by Crippen LogP contribution is 2.28. The number of aryl methyl sites for hydroxylation is 1. The highest BCUT2D eigenvalue weighted by molar-refractivity contribution is 5.98. The number of piperidine rings is 1. The molecule has 3 aromatic carbocycles. The molecule has 8 heteroatoms. The first kappa shape index (κ1) is 29.1. The number of nitrogens with one attached hydrogen (secondary N) is 1. The normalized spacial score (nSPS) is 17.0. The Hall–Kier alpha value is -3.88. The summed E-state index contributed by atoms with van der Waals surface area (Å²) in [5.41, 5.74) is 9.72. The van der Waals surface area contributed by atoms with Gasteiger partial charge in [-0.3, -0.25) is 14.5 Å². The maximum absolute atomic E-state index is 13.7. The van der Waals surface area contributed by atoms with Crippen LogP contribution < -0.4 is 20.5 Å². The van der Waals surface area contributed by atoms with Crippen molar-refractivity contribution in [1.82, 2.24) is 15.1 Å². The summed E-state index contributed by atoms with van der Waals surface area (Å²) in [5.74, 6) is 1.06. The Morgan fingerprint density at radius 3 is 2.33 bits per heavy atom. The van der Waals surface area contributed by atoms with Crippen LogP contribution >= 0.6 is 0 Å². The van der Waals surface area contributed by atoms with E-state index < -0.39 is 6.04 Å². The number of hydrogen-bond donors (Lipinski definition) is 2. The van der Waals surface area contributed by atoms with Crippen LogP contribution in [0.5, 0.6) is 11.5 Å². The number of hydrogen-bond acceptors (Lipinski definition) is 6. The second kappa shape index (κ2) is 14.0. The molecular formula is C32H40N4O4. The Labute approximate surface area is 237 Å². The van der Waals surface area contributed by atoms with E-state index >= 15 is 0 Å². The molecule has 0 saturated carbocycles. The zero-order valence-electron chi connectivity index (χ0n) is 23.6. The molecule has 2 amide bonds.